The van der Waals surface area contributed by atoms with E-state index in [0.29, 0.717) is 12.3 Å². The molecule has 3 nitrogen and oxygen atoms in total. The summed E-state index contributed by atoms with van der Waals surface area (Å²) in [5.74, 6) is 1.17. The van der Waals surface area contributed by atoms with Gasteiger partial charge < -0.3 is 5.32 Å². The van der Waals surface area contributed by atoms with Crippen molar-refractivity contribution in [1.29, 1.82) is 5.26 Å². The molecule has 1 N–H and O–H groups in total. The quantitative estimate of drug-likeness (QED) is 0.631. The van der Waals surface area contributed by atoms with Crippen LogP contribution in [-0.2, 0) is 4.79 Å². The first-order chi connectivity index (χ1) is 10.2. The second-order valence-corrected chi connectivity index (χ2v) is 6.42. The van der Waals surface area contributed by atoms with Gasteiger partial charge in [-0.15, -0.1) is 11.8 Å². The van der Waals surface area contributed by atoms with Crippen LogP contribution in [-0.4, -0.2) is 11.7 Å². The minimum atomic E-state index is 0.00221. The molecule has 110 valence electrons. The standard InChI is InChI=1S/C17H20N2OS/c1-13(11-18)12-21-16-9-5-4-8-15(16)19-17(20)10-14-6-2-3-7-14/h2,4-6,8-9,13-14H,3,7,10,12H2,1H3,(H,19,20). The molecule has 0 saturated carbocycles. The lowest BCUT2D eigenvalue weighted by atomic mass is 10.1. The SMILES string of the molecule is CC(C#N)CSc1ccccc1NC(=O)CC1C=CCC1. The molecule has 0 fully saturated rings. The number of hydrogen-bond acceptors (Lipinski definition) is 3. The van der Waals surface area contributed by atoms with Crippen molar-refractivity contribution in [1.82, 2.24) is 0 Å². The molecule has 4 heteroatoms. The Kier molecular flexibility index (Phi) is 5.89. The zero-order chi connectivity index (χ0) is 15.1. The Hall–Kier alpha value is -1.73. The van der Waals surface area contributed by atoms with Crippen LogP contribution in [0.4, 0.5) is 5.69 Å². The molecule has 0 aromatic heterocycles. The minimum absolute atomic E-state index is 0.00221. The fraction of sp³-hybridized carbons (Fsp3) is 0.412. The maximum Gasteiger partial charge on any atom is 0.224 e. The number of carbonyl (C=O) groups excluding carboxylic acids is 1. The summed E-state index contributed by atoms with van der Waals surface area (Å²) in [4.78, 5) is 13.1. The first kappa shape index (κ1) is 15.7. The van der Waals surface area contributed by atoms with Crippen molar-refractivity contribution in [3.63, 3.8) is 0 Å². The summed E-state index contributed by atoms with van der Waals surface area (Å²) in [5.41, 5.74) is 0.847. The molecule has 0 radical (unpaired) electrons. The van der Waals surface area contributed by atoms with Crippen LogP contribution in [0.25, 0.3) is 0 Å². The fourth-order valence-electron chi connectivity index (χ4n) is 2.25. The third-order valence-electron chi connectivity index (χ3n) is 3.43. The van der Waals surface area contributed by atoms with Gasteiger partial charge in [0, 0.05) is 17.1 Å². The van der Waals surface area contributed by atoms with E-state index in [4.69, 9.17) is 5.26 Å². The first-order valence-corrected chi connectivity index (χ1v) is 8.25. The van der Waals surface area contributed by atoms with Gasteiger partial charge in [-0.3, -0.25) is 4.79 Å². The highest BCUT2D eigenvalue weighted by Gasteiger charge is 2.15. The number of hydrogen-bond donors (Lipinski definition) is 1. The van der Waals surface area contributed by atoms with E-state index in [2.05, 4.69) is 23.5 Å². The summed E-state index contributed by atoms with van der Waals surface area (Å²) in [6.07, 6.45) is 6.98. The van der Waals surface area contributed by atoms with Crippen LogP contribution < -0.4 is 5.32 Å². The summed E-state index contributed by atoms with van der Waals surface area (Å²) in [5, 5.41) is 11.8. The summed E-state index contributed by atoms with van der Waals surface area (Å²) in [7, 11) is 0. The molecule has 2 rings (SSSR count). The molecule has 1 aromatic rings. The van der Waals surface area contributed by atoms with Gasteiger partial charge >= 0.3 is 0 Å². The largest absolute Gasteiger partial charge is 0.325 e. The summed E-state index contributed by atoms with van der Waals surface area (Å²) in [6, 6.07) is 10.0. The van der Waals surface area contributed by atoms with E-state index in [1.54, 1.807) is 11.8 Å². The highest BCUT2D eigenvalue weighted by atomic mass is 32.2. The van der Waals surface area contributed by atoms with Crippen molar-refractivity contribution in [2.24, 2.45) is 11.8 Å². The molecule has 1 aliphatic rings. The maximum absolute atomic E-state index is 12.1. The Balaban J connectivity index is 1.94. The van der Waals surface area contributed by atoms with Crippen molar-refractivity contribution in [2.75, 3.05) is 11.1 Å². The number of anilines is 1. The van der Waals surface area contributed by atoms with Crippen molar-refractivity contribution < 1.29 is 4.79 Å². The molecule has 0 aliphatic heterocycles. The minimum Gasteiger partial charge on any atom is -0.325 e. The lowest BCUT2D eigenvalue weighted by molar-refractivity contribution is -0.116. The maximum atomic E-state index is 12.1. The van der Waals surface area contributed by atoms with Gasteiger partial charge in [-0.25, -0.2) is 0 Å². The summed E-state index contributed by atoms with van der Waals surface area (Å²) >= 11 is 1.61. The number of amides is 1. The Labute approximate surface area is 130 Å². The number of nitriles is 1. The summed E-state index contributed by atoms with van der Waals surface area (Å²) < 4.78 is 0. The monoisotopic (exact) mass is 300 g/mol. The Morgan fingerprint density at radius 3 is 3.05 bits per heavy atom. The van der Waals surface area contributed by atoms with Crippen molar-refractivity contribution in [2.45, 2.75) is 31.1 Å². The van der Waals surface area contributed by atoms with E-state index in [1.165, 1.54) is 0 Å². The van der Waals surface area contributed by atoms with Crippen molar-refractivity contribution in [3.8, 4) is 6.07 Å². The number of nitrogens with zero attached hydrogens (tertiary/aromatic N) is 1. The topological polar surface area (TPSA) is 52.9 Å². The van der Waals surface area contributed by atoms with E-state index in [-0.39, 0.29) is 11.8 Å². The fourth-order valence-corrected chi connectivity index (χ4v) is 3.21. The van der Waals surface area contributed by atoms with Crippen LogP contribution in [0.1, 0.15) is 26.2 Å². The second kappa shape index (κ2) is 7.90. The highest BCUT2D eigenvalue weighted by molar-refractivity contribution is 7.99. The molecular formula is C17H20N2OS. The zero-order valence-electron chi connectivity index (χ0n) is 12.2. The average Bonchev–Trinajstić information content (AvgIpc) is 2.98. The van der Waals surface area contributed by atoms with E-state index in [0.717, 1.165) is 29.2 Å². The lowest BCUT2D eigenvalue weighted by Crippen LogP contribution is -2.15. The number of thioether (sulfide) groups is 1. The number of allylic oxidation sites excluding steroid dienone is 2. The van der Waals surface area contributed by atoms with Gasteiger partial charge in [0.1, 0.15) is 0 Å². The Morgan fingerprint density at radius 1 is 1.52 bits per heavy atom. The highest BCUT2D eigenvalue weighted by Crippen LogP contribution is 2.29. The second-order valence-electron chi connectivity index (χ2n) is 5.36. The number of para-hydroxylation sites is 1. The van der Waals surface area contributed by atoms with Crippen LogP contribution in [0, 0.1) is 23.2 Å². The van der Waals surface area contributed by atoms with Crippen LogP contribution in [0.2, 0.25) is 0 Å². The number of rotatable bonds is 6. The molecule has 1 amide bonds. The zero-order valence-corrected chi connectivity index (χ0v) is 13.0. The van der Waals surface area contributed by atoms with Crippen molar-refractivity contribution in [3.05, 3.63) is 36.4 Å². The number of carbonyl (C=O) groups is 1. The van der Waals surface area contributed by atoms with Crippen LogP contribution >= 0.6 is 11.8 Å². The molecule has 2 unspecified atom stereocenters. The Morgan fingerprint density at radius 2 is 2.33 bits per heavy atom. The number of benzene rings is 1. The third kappa shape index (κ3) is 4.95. The van der Waals surface area contributed by atoms with Crippen LogP contribution in [0.5, 0.6) is 0 Å². The molecule has 0 bridgehead atoms. The van der Waals surface area contributed by atoms with Crippen LogP contribution in [0.15, 0.2) is 41.3 Å². The molecule has 1 aliphatic carbocycles. The third-order valence-corrected chi connectivity index (χ3v) is 4.76. The Bertz CT molecular complexity index is 562. The van der Waals surface area contributed by atoms with E-state index in [9.17, 15) is 4.79 Å². The van der Waals surface area contributed by atoms with Crippen molar-refractivity contribution >= 4 is 23.4 Å². The smallest absolute Gasteiger partial charge is 0.224 e. The van der Waals surface area contributed by atoms with Gasteiger partial charge in [0.15, 0.2) is 0 Å². The van der Waals surface area contributed by atoms with Gasteiger partial charge in [0.05, 0.1) is 17.7 Å². The van der Waals surface area contributed by atoms with Gasteiger partial charge in [-0.05, 0) is 37.8 Å². The van der Waals surface area contributed by atoms with Gasteiger partial charge in [-0.2, -0.15) is 5.26 Å². The molecule has 0 spiro atoms. The van der Waals surface area contributed by atoms with Crippen LogP contribution in [0.3, 0.4) is 0 Å². The molecular weight excluding hydrogens is 280 g/mol. The molecule has 2 atom stereocenters. The van der Waals surface area contributed by atoms with Gasteiger partial charge in [0.2, 0.25) is 5.91 Å². The molecule has 1 aromatic carbocycles. The lowest BCUT2D eigenvalue weighted by Gasteiger charge is -2.12. The van der Waals surface area contributed by atoms with E-state index >= 15 is 0 Å². The van der Waals surface area contributed by atoms with E-state index < -0.39 is 0 Å². The van der Waals surface area contributed by atoms with Gasteiger partial charge in [-0.1, -0.05) is 24.3 Å². The average molecular weight is 300 g/mol. The molecule has 0 heterocycles. The molecule has 0 saturated heterocycles. The molecule has 21 heavy (non-hydrogen) atoms. The normalized spacial score (nSPS) is 18.2. The number of nitrogens with one attached hydrogen (secondary N) is 1. The first-order valence-electron chi connectivity index (χ1n) is 7.27. The summed E-state index contributed by atoms with van der Waals surface area (Å²) in [6.45, 7) is 1.90. The predicted molar refractivity (Wildman–Crippen MR) is 87.1 cm³/mol. The predicted octanol–water partition coefficient (Wildman–Crippen LogP) is 4.23. The van der Waals surface area contributed by atoms with Gasteiger partial charge in [0.25, 0.3) is 0 Å². The van der Waals surface area contributed by atoms with E-state index in [1.807, 2.05) is 31.2 Å².